The Hall–Kier alpha value is -1.88. The molecule has 2 N–H and O–H groups in total. The van der Waals surface area contributed by atoms with Crippen LogP contribution in [0.4, 0.5) is 4.39 Å². The summed E-state index contributed by atoms with van der Waals surface area (Å²) in [6.45, 7) is 3.68. The van der Waals surface area contributed by atoms with Crippen molar-refractivity contribution in [2.24, 2.45) is 0 Å². The Morgan fingerprint density at radius 2 is 2.26 bits per heavy atom. The third-order valence-electron chi connectivity index (χ3n) is 2.81. The summed E-state index contributed by atoms with van der Waals surface area (Å²) in [5.41, 5.74) is 1.04. The number of imidazole rings is 1. The molecule has 0 saturated heterocycles. The molecule has 0 unspecified atom stereocenters. The van der Waals surface area contributed by atoms with E-state index in [-0.39, 0.29) is 5.82 Å². The number of aromatic amines is 1. The summed E-state index contributed by atoms with van der Waals surface area (Å²) in [5, 5.41) is 3.24. The van der Waals surface area contributed by atoms with Gasteiger partial charge in [-0.3, -0.25) is 0 Å². The summed E-state index contributed by atoms with van der Waals surface area (Å²) < 4.78 is 19.1. The Bertz CT molecular complexity index is 539. The lowest BCUT2D eigenvalue weighted by Crippen LogP contribution is -2.14. The largest absolute Gasteiger partial charge is 0.496 e. The number of H-pyrrole nitrogens is 1. The fraction of sp³-hybridized carbons (Fsp3) is 0.357. The van der Waals surface area contributed by atoms with E-state index in [1.807, 2.05) is 0 Å². The van der Waals surface area contributed by atoms with E-state index in [4.69, 9.17) is 4.74 Å². The van der Waals surface area contributed by atoms with Crippen molar-refractivity contribution in [3.8, 4) is 17.0 Å². The maximum Gasteiger partial charge on any atom is 0.136 e. The van der Waals surface area contributed by atoms with E-state index >= 15 is 0 Å². The van der Waals surface area contributed by atoms with Crippen LogP contribution in [0.25, 0.3) is 11.3 Å². The van der Waals surface area contributed by atoms with Gasteiger partial charge in [0, 0.05) is 0 Å². The van der Waals surface area contributed by atoms with Crippen molar-refractivity contribution in [1.29, 1.82) is 0 Å². The zero-order chi connectivity index (χ0) is 13.7. The molecule has 1 aromatic heterocycles. The van der Waals surface area contributed by atoms with Crippen LogP contribution in [0.15, 0.2) is 24.4 Å². The molecular weight excluding hydrogens is 245 g/mol. The molecule has 0 bridgehead atoms. The van der Waals surface area contributed by atoms with Crippen LogP contribution in [0.3, 0.4) is 0 Å². The first-order valence-electron chi connectivity index (χ1n) is 6.33. The van der Waals surface area contributed by atoms with Gasteiger partial charge in [-0.25, -0.2) is 9.37 Å². The Kier molecular flexibility index (Phi) is 4.52. The monoisotopic (exact) mass is 263 g/mol. The second-order valence-electron chi connectivity index (χ2n) is 4.24. The topological polar surface area (TPSA) is 49.9 Å². The molecule has 1 heterocycles. The number of halogens is 1. The maximum absolute atomic E-state index is 13.9. The predicted octanol–water partition coefficient (Wildman–Crippen LogP) is 2.72. The Morgan fingerprint density at radius 1 is 1.42 bits per heavy atom. The third kappa shape index (κ3) is 3.12. The lowest BCUT2D eigenvalue weighted by atomic mass is 10.1. The number of hydrogen-bond donors (Lipinski definition) is 2. The molecule has 102 valence electrons. The smallest absolute Gasteiger partial charge is 0.136 e. The molecule has 2 aromatic rings. The van der Waals surface area contributed by atoms with Gasteiger partial charge in [-0.05, 0) is 25.1 Å². The highest BCUT2D eigenvalue weighted by Gasteiger charge is 2.13. The SMILES string of the molecule is CCCNCc1ncc(-c2c(F)cccc2OC)[nH]1. The van der Waals surface area contributed by atoms with E-state index in [1.54, 1.807) is 18.3 Å². The minimum absolute atomic E-state index is 0.323. The van der Waals surface area contributed by atoms with Gasteiger partial charge in [-0.1, -0.05) is 13.0 Å². The molecule has 4 nitrogen and oxygen atoms in total. The van der Waals surface area contributed by atoms with E-state index in [0.717, 1.165) is 18.8 Å². The standard InChI is InChI=1S/C14H18FN3O/c1-3-7-16-9-13-17-8-11(18-13)14-10(15)5-4-6-12(14)19-2/h4-6,8,16H,3,7,9H2,1-2H3,(H,17,18). The Balaban J connectivity index is 2.23. The number of nitrogens with one attached hydrogen (secondary N) is 2. The molecule has 0 amide bonds. The van der Waals surface area contributed by atoms with Crippen LogP contribution >= 0.6 is 0 Å². The fourth-order valence-corrected chi connectivity index (χ4v) is 1.90. The molecule has 1 aromatic carbocycles. The van der Waals surface area contributed by atoms with Gasteiger partial charge in [0.05, 0.1) is 31.1 Å². The van der Waals surface area contributed by atoms with Crippen molar-refractivity contribution >= 4 is 0 Å². The third-order valence-corrected chi connectivity index (χ3v) is 2.81. The molecule has 5 heteroatoms. The summed E-state index contributed by atoms with van der Waals surface area (Å²) in [5.74, 6) is 0.960. The van der Waals surface area contributed by atoms with E-state index in [1.165, 1.54) is 13.2 Å². The minimum atomic E-state index is -0.323. The molecule has 0 fully saturated rings. The second kappa shape index (κ2) is 6.33. The molecule has 0 spiro atoms. The second-order valence-corrected chi connectivity index (χ2v) is 4.24. The highest BCUT2D eigenvalue weighted by atomic mass is 19.1. The summed E-state index contributed by atoms with van der Waals surface area (Å²) in [7, 11) is 1.53. The lowest BCUT2D eigenvalue weighted by Gasteiger charge is -2.07. The first kappa shape index (κ1) is 13.5. The molecule has 2 rings (SSSR count). The fourth-order valence-electron chi connectivity index (χ4n) is 1.90. The van der Waals surface area contributed by atoms with Gasteiger partial charge in [-0.2, -0.15) is 0 Å². The van der Waals surface area contributed by atoms with Gasteiger partial charge >= 0.3 is 0 Å². The van der Waals surface area contributed by atoms with Crippen molar-refractivity contribution in [3.63, 3.8) is 0 Å². The first-order chi connectivity index (χ1) is 9.26. The average Bonchev–Trinajstić information content (AvgIpc) is 2.87. The number of methoxy groups -OCH3 is 1. The van der Waals surface area contributed by atoms with Crippen molar-refractivity contribution in [1.82, 2.24) is 15.3 Å². The van der Waals surface area contributed by atoms with Gasteiger partial charge in [0.2, 0.25) is 0 Å². The maximum atomic E-state index is 13.9. The van der Waals surface area contributed by atoms with Crippen LogP contribution in [-0.2, 0) is 6.54 Å². The van der Waals surface area contributed by atoms with Gasteiger partial charge in [-0.15, -0.1) is 0 Å². The predicted molar refractivity (Wildman–Crippen MR) is 72.5 cm³/mol. The van der Waals surface area contributed by atoms with Gasteiger partial charge < -0.3 is 15.0 Å². The first-order valence-corrected chi connectivity index (χ1v) is 6.33. The van der Waals surface area contributed by atoms with Crippen molar-refractivity contribution in [3.05, 3.63) is 36.0 Å². The Labute approximate surface area is 112 Å². The summed E-state index contributed by atoms with van der Waals surface area (Å²) >= 11 is 0. The molecule has 0 atom stereocenters. The number of benzene rings is 1. The molecule has 0 aliphatic rings. The quantitative estimate of drug-likeness (QED) is 0.788. The summed E-state index contributed by atoms with van der Waals surface area (Å²) in [6, 6.07) is 4.76. The van der Waals surface area contributed by atoms with Crippen molar-refractivity contribution < 1.29 is 9.13 Å². The normalized spacial score (nSPS) is 10.7. The van der Waals surface area contributed by atoms with Crippen LogP contribution < -0.4 is 10.1 Å². The Morgan fingerprint density at radius 3 is 3.00 bits per heavy atom. The molecule has 19 heavy (non-hydrogen) atoms. The number of hydrogen-bond acceptors (Lipinski definition) is 3. The number of aromatic nitrogens is 2. The molecule has 0 aliphatic carbocycles. The van der Waals surface area contributed by atoms with E-state index in [0.29, 0.717) is 23.6 Å². The van der Waals surface area contributed by atoms with Gasteiger partial charge in [0.25, 0.3) is 0 Å². The van der Waals surface area contributed by atoms with Crippen molar-refractivity contribution in [2.75, 3.05) is 13.7 Å². The van der Waals surface area contributed by atoms with Gasteiger partial charge in [0.15, 0.2) is 0 Å². The molecule has 0 saturated carbocycles. The zero-order valence-corrected chi connectivity index (χ0v) is 11.2. The highest BCUT2D eigenvalue weighted by molar-refractivity contribution is 5.67. The zero-order valence-electron chi connectivity index (χ0n) is 11.2. The van der Waals surface area contributed by atoms with Gasteiger partial charge in [0.1, 0.15) is 17.4 Å². The number of ether oxygens (including phenoxy) is 1. The van der Waals surface area contributed by atoms with Crippen LogP contribution in [0.2, 0.25) is 0 Å². The summed E-state index contributed by atoms with van der Waals surface area (Å²) in [6.07, 6.45) is 2.69. The highest BCUT2D eigenvalue weighted by Crippen LogP contribution is 2.31. The van der Waals surface area contributed by atoms with E-state index in [9.17, 15) is 4.39 Å². The average molecular weight is 263 g/mol. The van der Waals surface area contributed by atoms with E-state index in [2.05, 4.69) is 22.2 Å². The molecule has 0 radical (unpaired) electrons. The number of rotatable bonds is 6. The van der Waals surface area contributed by atoms with Crippen LogP contribution in [0, 0.1) is 5.82 Å². The lowest BCUT2D eigenvalue weighted by molar-refractivity contribution is 0.413. The summed E-state index contributed by atoms with van der Waals surface area (Å²) in [4.78, 5) is 7.35. The van der Waals surface area contributed by atoms with E-state index < -0.39 is 0 Å². The van der Waals surface area contributed by atoms with Crippen LogP contribution in [0.5, 0.6) is 5.75 Å². The van der Waals surface area contributed by atoms with Crippen LogP contribution in [-0.4, -0.2) is 23.6 Å². The molecular formula is C14H18FN3O. The van der Waals surface area contributed by atoms with Crippen LogP contribution in [0.1, 0.15) is 19.2 Å². The molecule has 0 aliphatic heterocycles. The van der Waals surface area contributed by atoms with Crippen molar-refractivity contribution in [2.45, 2.75) is 19.9 Å². The minimum Gasteiger partial charge on any atom is -0.496 e. The number of nitrogens with zero attached hydrogens (tertiary/aromatic N) is 1.